The molecular weight excluding hydrogens is 402 g/mol. The summed E-state index contributed by atoms with van der Waals surface area (Å²) in [7, 11) is 0. The number of rotatable bonds is 5. The molecule has 6 heteroatoms. The Morgan fingerprint density at radius 1 is 1.46 bits per heavy atom. The second-order valence-corrected chi connectivity index (χ2v) is 6.73. The lowest BCUT2D eigenvalue weighted by molar-refractivity contribution is -0.140. The summed E-state index contributed by atoms with van der Waals surface area (Å²) < 4.78 is -1.37. The summed E-state index contributed by atoms with van der Waals surface area (Å²) in [4.78, 5) is 21.1. The molecular formula is C7H10I2O4. The Labute approximate surface area is 103 Å². The van der Waals surface area contributed by atoms with Crippen molar-refractivity contribution in [2.24, 2.45) is 0 Å². The molecule has 0 amide bonds. The van der Waals surface area contributed by atoms with Crippen LogP contribution in [0.15, 0.2) is 0 Å². The fraction of sp³-hybridized carbons (Fsp3) is 0.714. The Kier molecular flexibility index (Phi) is 5.49. The third kappa shape index (κ3) is 4.99. The smallest absolute Gasteiger partial charge is 0.319 e. The maximum absolute atomic E-state index is 10.6. The van der Waals surface area contributed by atoms with Gasteiger partial charge in [0, 0.05) is 0 Å². The van der Waals surface area contributed by atoms with Gasteiger partial charge in [0.15, 0.2) is 0 Å². The van der Waals surface area contributed by atoms with E-state index >= 15 is 0 Å². The third-order valence-electron chi connectivity index (χ3n) is 1.58. The molecule has 0 aromatic heterocycles. The lowest BCUT2D eigenvalue weighted by atomic mass is 10.0. The molecule has 0 heterocycles. The number of halogens is 2. The summed E-state index contributed by atoms with van der Waals surface area (Å²) in [6.45, 7) is 1.58. The van der Waals surface area contributed by atoms with Crippen LogP contribution in [0.1, 0.15) is 19.8 Å². The molecule has 2 unspecified atom stereocenters. The molecule has 0 aromatic rings. The molecule has 0 spiro atoms. The highest BCUT2D eigenvalue weighted by atomic mass is 127. The zero-order chi connectivity index (χ0) is 10.6. The van der Waals surface area contributed by atoms with E-state index in [1.807, 2.05) is 22.6 Å². The molecule has 0 aliphatic rings. The number of alkyl halides is 2. The van der Waals surface area contributed by atoms with Crippen molar-refractivity contribution >= 4 is 57.1 Å². The maximum Gasteiger partial charge on any atom is 0.319 e. The Morgan fingerprint density at radius 2 is 1.92 bits per heavy atom. The minimum Gasteiger partial charge on any atom is -0.480 e. The van der Waals surface area contributed by atoms with E-state index < -0.39 is 19.3 Å². The molecule has 0 aliphatic carbocycles. The largest absolute Gasteiger partial charge is 0.480 e. The van der Waals surface area contributed by atoms with Crippen molar-refractivity contribution in [1.29, 1.82) is 0 Å². The molecule has 0 rings (SSSR count). The Bertz CT molecular complexity index is 215. The first kappa shape index (κ1) is 13.4. The highest BCUT2D eigenvalue weighted by molar-refractivity contribution is 14.1. The van der Waals surface area contributed by atoms with Crippen LogP contribution in [-0.4, -0.2) is 29.5 Å². The van der Waals surface area contributed by atoms with E-state index in [2.05, 4.69) is 0 Å². The number of hydrogen-bond donors (Lipinski definition) is 2. The van der Waals surface area contributed by atoms with Crippen molar-refractivity contribution in [2.75, 3.05) is 0 Å². The molecule has 0 saturated carbocycles. The minimum absolute atomic E-state index is 0.364. The monoisotopic (exact) mass is 412 g/mol. The van der Waals surface area contributed by atoms with Crippen molar-refractivity contribution < 1.29 is 19.8 Å². The maximum atomic E-state index is 10.6. The lowest BCUT2D eigenvalue weighted by Crippen LogP contribution is -2.29. The molecule has 0 aliphatic heterocycles. The summed E-state index contributed by atoms with van der Waals surface area (Å²) in [6, 6.07) is 0. The van der Waals surface area contributed by atoms with Crippen LogP contribution >= 0.6 is 45.2 Å². The number of hydrogen-bond acceptors (Lipinski definition) is 2. The highest BCUT2D eigenvalue weighted by Gasteiger charge is 2.30. The Morgan fingerprint density at radius 3 is 2.23 bits per heavy atom. The van der Waals surface area contributed by atoms with Gasteiger partial charge in [0.2, 0.25) is 0 Å². The van der Waals surface area contributed by atoms with Gasteiger partial charge in [-0.05, 0) is 19.8 Å². The van der Waals surface area contributed by atoms with Crippen molar-refractivity contribution in [3.05, 3.63) is 0 Å². The Balaban J connectivity index is 4.02. The van der Waals surface area contributed by atoms with Crippen LogP contribution < -0.4 is 0 Å². The average Bonchev–Trinajstić information content (AvgIpc) is 1.99. The van der Waals surface area contributed by atoms with E-state index in [1.165, 1.54) is 0 Å². The number of aliphatic carboxylic acids is 2. The fourth-order valence-corrected chi connectivity index (χ4v) is 1.25. The van der Waals surface area contributed by atoms with Gasteiger partial charge < -0.3 is 10.2 Å². The molecule has 0 radical (unpaired) electrons. The number of carboxylic acid groups (broad SMARTS) is 2. The molecule has 0 bridgehead atoms. The molecule has 2 N–H and O–H groups in total. The van der Waals surface area contributed by atoms with Crippen molar-refractivity contribution in [2.45, 2.75) is 27.1 Å². The van der Waals surface area contributed by atoms with Gasteiger partial charge in [0.1, 0.15) is 7.35 Å². The Hall–Kier alpha value is 0.400. The van der Waals surface area contributed by atoms with Gasteiger partial charge in [-0.25, -0.2) is 0 Å². The third-order valence-corrected chi connectivity index (χ3v) is 3.74. The van der Waals surface area contributed by atoms with Crippen molar-refractivity contribution in [3.8, 4) is 0 Å². The first-order valence-corrected chi connectivity index (χ1v) is 5.89. The quantitative estimate of drug-likeness (QED) is 0.535. The summed E-state index contributed by atoms with van der Waals surface area (Å²) in [6.07, 6.45) is 0.741. The standard InChI is InChI=1S/C7H10I2O4/c1-7(9,6(12)13)3-2-4(8)5(10)11/h4H,2-3H2,1H3,(H,10,11)(H,12,13). The highest BCUT2D eigenvalue weighted by Crippen LogP contribution is 2.26. The topological polar surface area (TPSA) is 74.6 Å². The molecule has 0 aromatic carbocycles. The van der Waals surface area contributed by atoms with Crippen LogP contribution in [0.5, 0.6) is 0 Å². The summed E-state index contributed by atoms with van der Waals surface area (Å²) in [5.41, 5.74) is 0. The van der Waals surface area contributed by atoms with Gasteiger partial charge >= 0.3 is 11.9 Å². The molecule has 0 saturated heterocycles. The first-order chi connectivity index (χ1) is 5.77. The van der Waals surface area contributed by atoms with E-state index in [9.17, 15) is 9.59 Å². The zero-order valence-electron chi connectivity index (χ0n) is 6.96. The van der Waals surface area contributed by atoms with Crippen LogP contribution in [0.4, 0.5) is 0 Å². The van der Waals surface area contributed by atoms with Crippen LogP contribution in [0.25, 0.3) is 0 Å². The predicted molar refractivity (Wildman–Crippen MR) is 64.7 cm³/mol. The zero-order valence-corrected chi connectivity index (χ0v) is 11.3. The molecule has 4 nitrogen and oxygen atoms in total. The van der Waals surface area contributed by atoms with E-state index in [-0.39, 0.29) is 0 Å². The first-order valence-electron chi connectivity index (χ1n) is 3.56. The normalized spacial score (nSPS) is 17.5. The van der Waals surface area contributed by atoms with Gasteiger partial charge in [-0.3, -0.25) is 9.59 Å². The fourth-order valence-electron chi connectivity index (χ4n) is 0.628. The molecule has 0 fully saturated rings. The van der Waals surface area contributed by atoms with Gasteiger partial charge in [-0.2, -0.15) is 0 Å². The summed E-state index contributed by atoms with van der Waals surface area (Å²) in [5, 5.41) is 17.3. The van der Waals surface area contributed by atoms with Crippen LogP contribution in [0, 0.1) is 0 Å². The van der Waals surface area contributed by atoms with Gasteiger partial charge in [-0.1, -0.05) is 45.2 Å². The average molecular weight is 412 g/mol. The lowest BCUT2D eigenvalue weighted by Gasteiger charge is -2.17. The summed E-state index contributed by atoms with van der Waals surface area (Å²) in [5.74, 6) is -1.79. The predicted octanol–water partition coefficient (Wildman–Crippen LogP) is 1.93. The van der Waals surface area contributed by atoms with E-state index in [0.29, 0.717) is 12.8 Å². The number of carbonyl (C=O) groups is 2. The van der Waals surface area contributed by atoms with Gasteiger partial charge in [-0.15, -0.1) is 0 Å². The van der Waals surface area contributed by atoms with Crippen LogP contribution in [-0.2, 0) is 9.59 Å². The van der Waals surface area contributed by atoms with E-state index in [0.717, 1.165) is 0 Å². The molecule has 76 valence electrons. The van der Waals surface area contributed by atoms with Gasteiger partial charge in [0.25, 0.3) is 0 Å². The molecule has 13 heavy (non-hydrogen) atoms. The SMILES string of the molecule is CC(I)(CCC(I)C(=O)O)C(=O)O. The van der Waals surface area contributed by atoms with E-state index in [4.69, 9.17) is 10.2 Å². The van der Waals surface area contributed by atoms with E-state index in [1.54, 1.807) is 29.5 Å². The second kappa shape index (κ2) is 5.32. The number of carboxylic acids is 2. The van der Waals surface area contributed by atoms with Crippen LogP contribution in [0.2, 0.25) is 0 Å². The molecule has 2 atom stereocenters. The minimum atomic E-state index is -0.901. The van der Waals surface area contributed by atoms with Crippen molar-refractivity contribution in [3.63, 3.8) is 0 Å². The summed E-state index contributed by atoms with van der Waals surface area (Å²) >= 11 is 3.63. The second-order valence-electron chi connectivity index (χ2n) is 2.85. The van der Waals surface area contributed by atoms with Crippen molar-refractivity contribution in [1.82, 2.24) is 0 Å². The van der Waals surface area contributed by atoms with Crippen LogP contribution in [0.3, 0.4) is 0 Å². The van der Waals surface area contributed by atoms with Gasteiger partial charge in [0.05, 0.1) is 0 Å².